The van der Waals surface area contributed by atoms with Gasteiger partial charge in [0.25, 0.3) is 0 Å². The van der Waals surface area contributed by atoms with Gasteiger partial charge in [0.05, 0.1) is 4.90 Å². The van der Waals surface area contributed by atoms with Crippen LogP contribution in [0.3, 0.4) is 0 Å². The zero-order valence-corrected chi connectivity index (χ0v) is 12.1. The van der Waals surface area contributed by atoms with Crippen LogP contribution in [0.4, 0.5) is 0 Å². The minimum Gasteiger partial charge on any atom is -0.396 e. The molecule has 102 valence electrons. The van der Waals surface area contributed by atoms with Crippen molar-refractivity contribution in [1.82, 2.24) is 4.31 Å². The summed E-state index contributed by atoms with van der Waals surface area (Å²) in [6.07, 6.45) is 0.430. The number of aliphatic hydroxyl groups excluding tert-OH is 1. The summed E-state index contributed by atoms with van der Waals surface area (Å²) in [6, 6.07) is 4.73. The van der Waals surface area contributed by atoms with Crippen LogP contribution in [0.25, 0.3) is 0 Å². The van der Waals surface area contributed by atoms with Crippen LogP contribution in [0.15, 0.2) is 23.1 Å². The lowest BCUT2D eigenvalue weighted by molar-refractivity contribution is 0.271. The predicted molar refractivity (Wildman–Crippen MR) is 72.3 cm³/mol. The highest BCUT2D eigenvalue weighted by Gasteiger charge is 2.24. The lowest BCUT2D eigenvalue weighted by Crippen LogP contribution is -2.32. The minimum atomic E-state index is -3.51. The molecule has 1 aromatic rings. The third-order valence-electron chi connectivity index (χ3n) is 2.67. The molecular weight excluding hydrogens is 274 g/mol. The largest absolute Gasteiger partial charge is 0.396 e. The molecule has 4 nitrogen and oxygen atoms in total. The third kappa shape index (κ3) is 3.45. The Morgan fingerprint density at radius 2 is 2.06 bits per heavy atom. The average molecular weight is 292 g/mol. The van der Waals surface area contributed by atoms with Gasteiger partial charge in [0.2, 0.25) is 10.0 Å². The number of benzene rings is 1. The molecule has 0 aliphatic rings. The Balaban J connectivity index is 3.10. The number of aryl methyl sites for hydroxylation is 1. The molecule has 18 heavy (non-hydrogen) atoms. The van der Waals surface area contributed by atoms with Crippen LogP contribution in [0, 0.1) is 6.92 Å². The topological polar surface area (TPSA) is 57.6 Å². The van der Waals surface area contributed by atoms with Gasteiger partial charge in [0, 0.05) is 24.7 Å². The van der Waals surface area contributed by atoms with E-state index < -0.39 is 10.0 Å². The van der Waals surface area contributed by atoms with Crippen molar-refractivity contribution in [3.8, 4) is 0 Å². The van der Waals surface area contributed by atoms with Gasteiger partial charge in [-0.05, 0) is 37.1 Å². The van der Waals surface area contributed by atoms with Crippen LogP contribution < -0.4 is 0 Å². The van der Waals surface area contributed by atoms with Crippen LogP contribution in [-0.2, 0) is 10.0 Å². The third-order valence-corrected chi connectivity index (χ3v) is 5.04. The molecule has 1 N–H and O–H groups in total. The quantitative estimate of drug-likeness (QED) is 0.872. The van der Waals surface area contributed by atoms with Gasteiger partial charge in [-0.1, -0.05) is 18.5 Å². The molecule has 0 bridgehead atoms. The number of halogens is 1. The van der Waals surface area contributed by atoms with Crippen molar-refractivity contribution in [2.24, 2.45) is 0 Å². The summed E-state index contributed by atoms with van der Waals surface area (Å²) in [7, 11) is -3.51. The number of nitrogens with zero attached hydrogens (tertiary/aromatic N) is 1. The van der Waals surface area contributed by atoms with Gasteiger partial charge in [-0.2, -0.15) is 4.31 Å². The molecular formula is C12H18ClNO3S. The van der Waals surface area contributed by atoms with Crippen molar-refractivity contribution in [3.05, 3.63) is 28.8 Å². The highest BCUT2D eigenvalue weighted by molar-refractivity contribution is 7.89. The summed E-state index contributed by atoms with van der Waals surface area (Å²) in [5, 5.41) is 9.32. The molecule has 0 amide bonds. The summed E-state index contributed by atoms with van der Waals surface area (Å²) in [4.78, 5) is 0.270. The van der Waals surface area contributed by atoms with Crippen LogP contribution in [-0.4, -0.2) is 37.5 Å². The zero-order chi connectivity index (χ0) is 13.8. The molecule has 0 fully saturated rings. The van der Waals surface area contributed by atoms with E-state index in [4.69, 9.17) is 16.7 Å². The second kappa shape index (κ2) is 6.52. The Hall–Kier alpha value is -0.620. The summed E-state index contributed by atoms with van der Waals surface area (Å²) in [6.45, 7) is 4.17. The van der Waals surface area contributed by atoms with E-state index in [1.54, 1.807) is 26.0 Å². The summed E-state index contributed by atoms with van der Waals surface area (Å²) >= 11 is 5.82. The fraction of sp³-hybridized carbons (Fsp3) is 0.500. The fourth-order valence-corrected chi connectivity index (χ4v) is 3.66. The van der Waals surface area contributed by atoms with E-state index in [2.05, 4.69) is 0 Å². The molecule has 0 aliphatic carbocycles. The van der Waals surface area contributed by atoms with Gasteiger partial charge < -0.3 is 5.11 Å². The van der Waals surface area contributed by atoms with E-state index in [0.29, 0.717) is 30.1 Å². The Kier molecular flexibility index (Phi) is 5.59. The molecule has 0 unspecified atom stereocenters. The Labute approximate surface area is 113 Å². The zero-order valence-electron chi connectivity index (χ0n) is 10.6. The maximum absolute atomic E-state index is 12.4. The number of sulfonamides is 1. The fourth-order valence-electron chi connectivity index (χ4n) is 1.74. The SMILES string of the molecule is CCN(CCCO)S(=O)(=O)c1ccc(Cl)cc1C. The lowest BCUT2D eigenvalue weighted by Gasteiger charge is -2.21. The van der Waals surface area contributed by atoms with E-state index in [9.17, 15) is 8.42 Å². The smallest absolute Gasteiger partial charge is 0.243 e. The molecule has 0 spiro atoms. The van der Waals surface area contributed by atoms with Crippen LogP contribution in [0.2, 0.25) is 5.02 Å². The molecule has 0 radical (unpaired) electrons. The molecule has 0 aromatic heterocycles. The molecule has 1 aromatic carbocycles. The Morgan fingerprint density at radius 1 is 1.39 bits per heavy atom. The van der Waals surface area contributed by atoms with Gasteiger partial charge >= 0.3 is 0 Å². The highest BCUT2D eigenvalue weighted by atomic mass is 35.5. The van der Waals surface area contributed by atoms with Crippen molar-refractivity contribution >= 4 is 21.6 Å². The van der Waals surface area contributed by atoms with Crippen molar-refractivity contribution in [2.45, 2.75) is 25.2 Å². The van der Waals surface area contributed by atoms with E-state index in [1.165, 1.54) is 10.4 Å². The lowest BCUT2D eigenvalue weighted by atomic mass is 10.2. The second-order valence-electron chi connectivity index (χ2n) is 3.98. The maximum Gasteiger partial charge on any atom is 0.243 e. The normalized spacial score (nSPS) is 12.1. The van der Waals surface area contributed by atoms with Crippen molar-refractivity contribution in [1.29, 1.82) is 0 Å². The summed E-state index contributed by atoms with van der Waals surface area (Å²) in [5.41, 5.74) is 0.630. The van der Waals surface area contributed by atoms with E-state index in [-0.39, 0.29) is 11.5 Å². The number of rotatable bonds is 6. The summed E-state index contributed by atoms with van der Waals surface area (Å²) < 4.78 is 26.2. The van der Waals surface area contributed by atoms with Crippen LogP contribution in [0.5, 0.6) is 0 Å². The second-order valence-corrected chi connectivity index (χ2v) is 6.33. The van der Waals surface area contributed by atoms with E-state index in [1.807, 2.05) is 0 Å². The first-order chi connectivity index (χ1) is 8.43. The van der Waals surface area contributed by atoms with E-state index >= 15 is 0 Å². The molecule has 6 heteroatoms. The van der Waals surface area contributed by atoms with Gasteiger partial charge in [-0.25, -0.2) is 8.42 Å². The standard InChI is InChI=1S/C12H18ClNO3S/c1-3-14(7-4-8-15)18(16,17)12-6-5-11(13)9-10(12)2/h5-6,9,15H,3-4,7-8H2,1-2H3. The first-order valence-corrected chi connectivity index (χ1v) is 7.62. The van der Waals surface area contributed by atoms with Crippen molar-refractivity contribution in [2.75, 3.05) is 19.7 Å². The number of hydrogen-bond acceptors (Lipinski definition) is 3. The molecule has 1 rings (SSSR count). The van der Waals surface area contributed by atoms with Gasteiger partial charge in [-0.15, -0.1) is 0 Å². The molecule has 0 aliphatic heterocycles. The van der Waals surface area contributed by atoms with Crippen molar-refractivity contribution in [3.63, 3.8) is 0 Å². The maximum atomic E-state index is 12.4. The molecule has 0 saturated carbocycles. The first kappa shape index (κ1) is 15.4. The van der Waals surface area contributed by atoms with Gasteiger partial charge in [-0.3, -0.25) is 0 Å². The van der Waals surface area contributed by atoms with Crippen molar-refractivity contribution < 1.29 is 13.5 Å². The average Bonchev–Trinajstić information content (AvgIpc) is 2.29. The molecule has 0 saturated heterocycles. The van der Waals surface area contributed by atoms with Crippen LogP contribution >= 0.6 is 11.6 Å². The summed E-state index contributed by atoms with van der Waals surface area (Å²) in [5.74, 6) is 0. The Bertz CT molecular complexity index is 502. The molecule has 0 heterocycles. The highest BCUT2D eigenvalue weighted by Crippen LogP contribution is 2.23. The first-order valence-electron chi connectivity index (χ1n) is 5.80. The Morgan fingerprint density at radius 3 is 2.56 bits per heavy atom. The van der Waals surface area contributed by atoms with Crippen LogP contribution in [0.1, 0.15) is 18.9 Å². The predicted octanol–water partition coefficient (Wildman–Crippen LogP) is 2.04. The van der Waals surface area contributed by atoms with E-state index in [0.717, 1.165) is 0 Å². The minimum absolute atomic E-state index is 0.0222. The monoisotopic (exact) mass is 291 g/mol. The van der Waals surface area contributed by atoms with Gasteiger partial charge in [0.15, 0.2) is 0 Å². The van der Waals surface area contributed by atoms with Gasteiger partial charge in [0.1, 0.15) is 0 Å². The molecule has 0 atom stereocenters. The number of aliphatic hydroxyl groups is 1. The number of hydrogen-bond donors (Lipinski definition) is 1.